The van der Waals surface area contributed by atoms with Crippen molar-refractivity contribution in [3.05, 3.63) is 24.3 Å². The number of nitrogens with one attached hydrogen (secondary N) is 2. The molecular formula is C17H26N2O3S. The minimum absolute atomic E-state index is 0.0432. The van der Waals surface area contributed by atoms with E-state index in [2.05, 4.69) is 23.9 Å². The summed E-state index contributed by atoms with van der Waals surface area (Å²) in [5.41, 5.74) is 0.624. The Kier molecular flexibility index (Phi) is 6.18. The van der Waals surface area contributed by atoms with Crippen LogP contribution in [0.15, 0.2) is 29.2 Å². The first kappa shape index (κ1) is 17.9. The molecule has 0 saturated heterocycles. The highest BCUT2D eigenvalue weighted by Crippen LogP contribution is 2.21. The van der Waals surface area contributed by atoms with Gasteiger partial charge in [-0.3, -0.25) is 4.79 Å². The molecule has 0 unspecified atom stereocenters. The van der Waals surface area contributed by atoms with Crippen LogP contribution in [0.1, 0.15) is 52.4 Å². The second-order valence-corrected chi connectivity index (χ2v) is 8.32. The molecule has 0 bridgehead atoms. The second kappa shape index (κ2) is 7.93. The molecule has 5 nitrogen and oxygen atoms in total. The Labute approximate surface area is 138 Å². The minimum atomic E-state index is -3.47. The molecule has 1 aromatic rings. The maximum atomic E-state index is 12.3. The fourth-order valence-electron chi connectivity index (χ4n) is 2.69. The molecule has 128 valence electrons. The SMILES string of the molecule is CC(C)CCC(=O)Nc1ccc(S(=O)(=O)NC2CCCC2)cc1. The molecule has 0 atom stereocenters. The van der Waals surface area contributed by atoms with Crippen LogP contribution in [0.4, 0.5) is 5.69 Å². The summed E-state index contributed by atoms with van der Waals surface area (Å²) in [5.74, 6) is 0.438. The monoisotopic (exact) mass is 338 g/mol. The lowest BCUT2D eigenvalue weighted by molar-refractivity contribution is -0.116. The smallest absolute Gasteiger partial charge is 0.240 e. The quantitative estimate of drug-likeness (QED) is 0.801. The van der Waals surface area contributed by atoms with E-state index in [4.69, 9.17) is 0 Å². The standard InChI is InChI=1S/C17H26N2O3S/c1-13(2)7-12-17(20)18-14-8-10-16(11-9-14)23(21,22)19-15-5-3-4-6-15/h8-11,13,15,19H,3-7,12H2,1-2H3,(H,18,20). The van der Waals surface area contributed by atoms with Crippen molar-refractivity contribution in [3.8, 4) is 0 Å². The summed E-state index contributed by atoms with van der Waals surface area (Å²) in [4.78, 5) is 12.0. The zero-order valence-electron chi connectivity index (χ0n) is 13.8. The van der Waals surface area contributed by atoms with E-state index >= 15 is 0 Å². The Bertz CT molecular complexity index is 618. The van der Waals surface area contributed by atoms with Gasteiger partial charge >= 0.3 is 0 Å². The molecule has 1 amide bonds. The van der Waals surface area contributed by atoms with Gasteiger partial charge in [-0.1, -0.05) is 26.7 Å². The molecule has 1 fully saturated rings. The van der Waals surface area contributed by atoms with Gasteiger partial charge in [-0.15, -0.1) is 0 Å². The summed E-state index contributed by atoms with van der Waals surface area (Å²) in [6.45, 7) is 4.15. The van der Waals surface area contributed by atoms with E-state index in [1.807, 2.05) is 0 Å². The Morgan fingerprint density at radius 2 is 1.78 bits per heavy atom. The number of anilines is 1. The van der Waals surface area contributed by atoms with Crippen molar-refractivity contribution >= 4 is 21.6 Å². The van der Waals surface area contributed by atoms with Gasteiger partial charge in [0, 0.05) is 18.2 Å². The fraction of sp³-hybridized carbons (Fsp3) is 0.588. The molecule has 0 aromatic heterocycles. The molecule has 1 aromatic carbocycles. The number of hydrogen-bond donors (Lipinski definition) is 2. The van der Waals surface area contributed by atoms with Crippen molar-refractivity contribution in [2.75, 3.05) is 5.32 Å². The minimum Gasteiger partial charge on any atom is -0.326 e. The van der Waals surface area contributed by atoms with Crippen LogP contribution in [-0.2, 0) is 14.8 Å². The Balaban J connectivity index is 1.94. The molecule has 0 radical (unpaired) electrons. The molecule has 1 aliphatic rings. The number of sulfonamides is 1. The summed E-state index contributed by atoms with van der Waals surface area (Å²) < 4.78 is 27.4. The third-order valence-corrected chi connectivity index (χ3v) is 5.61. The van der Waals surface area contributed by atoms with Crippen LogP contribution in [0.3, 0.4) is 0 Å². The first-order valence-corrected chi connectivity index (χ1v) is 9.77. The van der Waals surface area contributed by atoms with E-state index in [1.54, 1.807) is 12.1 Å². The highest BCUT2D eigenvalue weighted by Gasteiger charge is 2.22. The van der Waals surface area contributed by atoms with Gasteiger partial charge in [0.05, 0.1) is 4.90 Å². The Morgan fingerprint density at radius 1 is 1.17 bits per heavy atom. The average molecular weight is 338 g/mol. The van der Waals surface area contributed by atoms with Crippen molar-refractivity contribution in [2.24, 2.45) is 5.92 Å². The van der Waals surface area contributed by atoms with Crippen molar-refractivity contribution < 1.29 is 13.2 Å². The largest absolute Gasteiger partial charge is 0.326 e. The van der Waals surface area contributed by atoms with Gasteiger partial charge in [0.25, 0.3) is 0 Å². The maximum Gasteiger partial charge on any atom is 0.240 e. The number of carbonyl (C=O) groups is 1. The van der Waals surface area contributed by atoms with Gasteiger partial charge in [0.15, 0.2) is 0 Å². The molecular weight excluding hydrogens is 312 g/mol. The van der Waals surface area contributed by atoms with Crippen molar-refractivity contribution in [1.29, 1.82) is 0 Å². The molecule has 23 heavy (non-hydrogen) atoms. The highest BCUT2D eigenvalue weighted by molar-refractivity contribution is 7.89. The summed E-state index contributed by atoms with van der Waals surface area (Å²) in [7, 11) is -3.47. The predicted octanol–water partition coefficient (Wildman–Crippen LogP) is 3.28. The highest BCUT2D eigenvalue weighted by atomic mass is 32.2. The summed E-state index contributed by atoms with van der Waals surface area (Å²) in [6.07, 6.45) is 5.28. The van der Waals surface area contributed by atoms with E-state index in [-0.39, 0.29) is 16.8 Å². The van der Waals surface area contributed by atoms with E-state index in [0.717, 1.165) is 32.1 Å². The Morgan fingerprint density at radius 3 is 2.35 bits per heavy atom. The lowest BCUT2D eigenvalue weighted by Crippen LogP contribution is -2.32. The lowest BCUT2D eigenvalue weighted by atomic mass is 10.1. The molecule has 2 N–H and O–H groups in total. The van der Waals surface area contributed by atoms with E-state index in [9.17, 15) is 13.2 Å². The summed E-state index contributed by atoms with van der Waals surface area (Å²) in [6, 6.07) is 6.40. The topological polar surface area (TPSA) is 75.3 Å². The molecule has 0 heterocycles. The molecule has 2 rings (SSSR count). The summed E-state index contributed by atoms with van der Waals surface area (Å²) in [5, 5.41) is 2.79. The van der Waals surface area contributed by atoms with Gasteiger partial charge in [0.1, 0.15) is 0 Å². The van der Waals surface area contributed by atoms with Crippen LogP contribution in [-0.4, -0.2) is 20.4 Å². The van der Waals surface area contributed by atoms with Gasteiger partial charge in [-0.2, -0.15) is 0 Å². The van der Waals surface area contributed by atoms with E-state index in [0.29, 0.717) is 18.0 Å². The van der Waals surface area contributed by atoms with Crippen molar-refractivity contribution in [1.82, 2.24) is 4.72 Å². The fourth-order valence-corrected chi connectivity index (χ4v) is 4.00. The molecule has 0 aliphatic heterocycles. The van der Waals surface area contributed by atoms with Crippen LogP contribution >= 0.6 is 0 Å². The van der Waals surface area contributed by atoms with Gasteiger partial charge in [0.2, 0.25) is 15.9 Å². The lowest BCUT2D eigenvalue weighted by Gasteiger charge is -2.13. The Hall–Kier alpha value is -1.40. The van der Waals surface area contributed by atoms with Crippen LogP contribution in [0.5, 0.6) is 0 Å². The number of carbonyl (C=O) groups excluding carboxylic acids is 1. The number of hydrogen-bond acceptors (Lipinski definition) is 3. The first-order valence-electron chi connectivity index (χ1n) is 8.29. The third-order valence-electron chi connectivity index (χ3n) is 4.07. The van der Waals surface area contributed by atoms with Gasteiger partial charge in [-0.25, -0.2) is 13.1 Å². The maximum absolute atomic E-state index is 12.3. The molecule has 0 spiro atoms. The van der Waals surface area contributed by atoms with Gasteiger partial charge < -0.3 is 5.32 Å². The zero-order chi connectivity index (χ0) is 16.9. The zero-order valence-corrected chi connectivity index (χ0v) is 14.7. The van der Waals surface area contributed by atoms with Crippen molar-refractivity contribution in [3.63, 3.8) is 0 Å². The van der Waals surface area contributed by atoms with Crippen LogP contribution in [0.25, 0.3) is 0 Å². The first-order chi connectivity index (χ1) is 10.9. The van der Waals surface area contributed by atoms with Gasteiger partial charge in [-0.05, 0) is 49.4 Å². The number of rotatable bonds is 7. The van der Waals surface area contributed by atoms with E-state index < -0.39 is 10.0 Å². The number of amides is 1. The van der Waals surface area contributed by atoms with Crippen LogP contribution < -0.4 is 10.0 Å². The predicted molar refractivity (Wildman–Crippen MR) is 91.7 cm³/mol. The van der Waals surface area contributed by atoms with E-state index in [1.165, 1.54) is 12.1 Å². The molecule has 1 saturated carbocycles. The second-order valence-electron chi connectivity index (χ2n) is 6.61. The third kappa shape index (κ3) is 5.62. The number of benzene rings is 1. The van der Waals surface area contributed by atoms with Crippen LogP contribution in [0.2, 0.25) is 0 Å². The van der Waals surface area contributed by atoms with Crippen molar-refractivity contribution in [2.45, 2.75) is 63.3 Å². The summed E-state index contributed by atoms with van der Waals surface area (Å²) >= 11 is 0. The normalized spacial score (nSPS) is 16.0. The van der Waals surface area contributed by atoms with Crippen LogP contribution in [0, 0.1) is 5.92 Å². The molecule has 1 aliphatic carbocycles. The average Bonchev–Trinajstić information content (AvgIpc) is 2.98. The molecule has 6 heteroatoms.